The maximum absolute atomic E-state index is 8.94. The summed E-state index contributed by atoms with van der Waals surface area (Å²) in [5.41, 5.74) is 8.28. The van der Waals surface area contributed by atoms with Gasteiger partial charge in [-0.1, -0.05) is 182 Å². The molecule has 10 aromatic carbocycles. The van der Waals surface area contributed by atoms with E-state index in [1.165, 1.54) is 70.6 Å². The zero-order valence-corrected chi connectivity index (χ0v) is 30.7. The summed E-state index contributed by atoms with van der Waals surface area (Å²) >= 11 is 0. The van der Waals surface area contributed by atoms with Gasteiger partial charge in [-0.2, -0.15) is 0 Å². The number of amidine groups is 1. The van der Waals surface area contributed by atoms with Gasteiger partial charge < -0.3 is 0 Å². The van der Waals surface area contributed by atoms with Gasteiger partial charge in [0.1, 0.15) is 0 Å². The van der Waals surface area contributed by atoms with E-state index >= 15 is 0 Å². The highest BCUT2D eigenvalue weighted by Crippen LogP contribution is 2.40. The minimum Gasteiger partial charge on any atom is -0.282 e. The van der Waals surface area contributed by atoms with E-state index in [4.69, 9.17) is 10.4 Å². The van der Waals surface area contributed by atoms with Crippen molar-refractivity contribution in [3.05, 3.63) is 223 Å². The lowest BCUT2D eigenvalue weighted by Crippen LogP contribution is -2.04. The molecule has 2 nitrogen and oxygen atoms in total. The summed E-state index contributed by atoms with van der Waals surface area (Å²) in [5.74, 6) is 0.223. The van der Waals surface area contributed by atoms with Crippen molar-refractivity contribution in [1.29, 1.82) is 5.41 Å². The van der Waals surface area contributed by atoms with E-state index in [9.17, 15) is 0 Å². The Bertz CT molecular complexity index is 3200. The number of hydrogen-bond donors (Lipinski definition) is 1. The van der Waals surface area contributed by atoms with Crippen LogP contribution in [0.5, 0.6) is 0 Å². The molecule has 0 heterocycles. The van der Waals surface area contributed by atoms with Crippen LogP contribution in [-0.4, -0.2) is 11.5 Å². The largest absolute Gasteiger partial charge is 0.282 e. The zero-order chi connectivity index (χ0) is 37.4. The van der Waals surface area contributed by atoms with Crippen LogP contribution < -0.4 is 0 Å². The molecule has 0 fully saturated rings. The Kier molecular flexibility index (Phi) is 8.35. The normalized spacial score (nSPS) is 12.0. The van der Waals surface area contributed by atoms with Crippen LogP contribution in [0.25, 0.3) is 82.2 Å². The average Bonchev–Trinajstić information content (AvgIpc) is 3.26. The Morgan fingerprint density at radius 1 is 0.393 bits per heavy atom. The first kappa shape index (κ1) is 33.2. The summed E-state index contributed by atoms with van der Waals surface area (Å²) in [6, 6.07) is 70.8. The van der Waals surface area contributed by atoms with Crippen molar-refractivity contribution in [2.75, 3.05) is 0 Å². The molecule has 0 radical (unpaired) electrons. The van der Waals surface area contributed by atoms with E-state index in [2.05, 4.69) is 176 Å². The van der Waals surface area contributed by atoms with Crippen LogP contribution in [0.3, 0.4) is 0 Å². The van der Waals surface area contributed by atoms with Gasteiger partial charge >= 0.3 is 0 Å². The number of fused-ring (bicyclic) bond motifs is 6. The molecule has 0 aliphatic carbocycles. The molecule has 2 heteroatoms. The Labute approximate surface area is 325 Å². The van der Waals surface area contributed by atoms with Gasteiger partial charge in [-0.05, 0) is 112 Å². The number of rotatable bonds is 6. The first-order valence-electron chi connectivity index (χ1n) is 19.0. The number of allylic oxidation sites excluding steroid dienone is 1. The van der Waals surface area contributed by atoms with Crippen LogP contribution in [0, 0.1) is 5.41 Å². The third-order valence-electron chi connectivity index (χ3n) is 10.9. The number of nitrogens with one attached hydrogen (secondary N) is 1. The first-order chi connectivity index (χ1) is 27.7. The molecule has 0 saturated heterocycles. The first-order valence-corrected chi connectivity index (χ1v) is 19.0. The van der Waals surface area contributed by atoms with Gasteiger partial charge in [0.2, 0.25) is 0 Å². The van der Waals surface area contributed by atoms with Crippen molar-refractivity contribution < 1.29 is 0 Å². The van der Waals surface area contributed by atoms with Gasteiger partial charge in [-0.15, -0.1) is 0 Å². The Morgan fingerprint density at radius 2 is 1.04 bits per heavy atom. The van der Waals surface area contributed by atoms with Crippen molar-refractivity contribution in [3.63, 3.8) is 0 Å². The minimum absolute atomic E-state index is 0.223. The fourth-order valence-corrected chi connectivity index (χ4v) is 8.13. The highest BCUT2D eigenvalue weighted by Gasteiger charge is 2.13. The molecule has 0 amide bonds. The van der Waals surface area contributed by atoms with E-state index in [1.807, 2.05) is 36.4 Å². The van der Waals surface area contributed by atoms with Gasteiger partial charge in [-0.25, -0.2) is 4.99 Å². The van der Waals surface area contributed by atoms with Crippen LogP contribution in [0.15, 0.2) is 211 Å². The lowest BCUT2D eigenvalue weighted by atomic mass is 9.89. The Morgan fingerprint density at radius 3 is 1.89 bits per heavy atom. The summed E-state index contributed by atoms with van der Waals surface area (Å²) in [6.07, 6.45) is 4.15. The second-order valence-electron chi connectivity index (χ2n) is 14.3. The molecule has 0 aromatic heterocycles. The van der Waals surface area contributed by atoms with E-state index in [1.54, 1.807) is 0 Å². The van der Waals surface area contributed by atoms with E-state index < -0.39 is 0 Å². The Hall–Kier alpha value is -7.42. The predicted octanol–water partition coefficient (Wildman–Crippen LogP) is 14.3. The molecule has 0 saturated carbocycles. The Balaban J connectivity index is 1.04. The van der Waals surface area contributed by atoms with Crippen molar-refractivity contribution in [2.24, 2.45) is 4.99 Å². The third kappa shape index (κ3) is 6.14. The smallest absolute Gasteiger partial charge is 0.152 e. The lowest BCUT2D eigenvalue weighted by Gasteiger charge is -2.15. The van der Waals surface area contributed by atoms with Gasteiger partial charge in [0, 0.05) is 11.1 Å². The predicted molar refractivity (Wildman–Crippen MR) is 240 cm³/mol. The van der Waals surface area contributed by atoms with Crippen LogP contribution in [-0.2, 0) is 0 Å². The second-order valence-corrected chi connectivity index (χ2v) is 14.3. The molecule has 262 valence electrons. The average molecular weight is 713 g/mol. The zero-order valence-electron chi connectivity index (χ0n) is 30.7. The molecule has 1 N–H and O–H groups in total. The van der Waals surface area contributed by atoms with E-state index in [-0.39, 0.29) is 5.84 Å². The monoisotopic (exact) mass is 712 g/mol. The number of aliphatic imine (C=N–C) groups is 1. The number of hydrogen-bond acceptors (Lipinski definition) is 1. The molecule has 10 aromatic rings. The van der Waals surface area contributed by atoms with Crippen LogP contribution >= 0.6 is 0 Å². The SMILES string of the molecule is N=C(N=C(/C=C/c1ccc2cc(-c3c4ccccc4cc4c3ccc3ccccc34)ccc2c1)c1cccc(-c2cccc3ccccc23)c1)c1ccccc1. The quantitative estimate of drug-likeness (QED) is 0.0771. The van der Waals surface area contributed by atoms with Crippen molar-refractivity contribution in [3.8, 4) is 22.3 Å². The lowest BCUT2D eigenvalue weighted by molar-refractivity contribution is 1.41. The highest BCUT2D eigenvalue weighted by molar-refractivity contribution is 6.21. The summed E-state index contributed by atoms with van der Waals surface area (Å²) in [6.45, 7) is 0. The maximum Gasteiger partial charge on any atom is 0.152 e. The highest BCUT2D eigenvalue weighted by atomic mass is 14.8. The number of benzene rings is 10. The van der Waals surface area contributed by atoms with E-state index in [0.717, 1.165) is 28.0 Å². The fraction of sp³-hybridized carbons (Fsp3) is 0. The van der Waals surface area contributed by atoms with Crippen LogP contribution in [0.4, 0.5) is 0 Å². The molecular weight excluding hydrogens is 677 g/mol. The second kappa shape index (κ2) is 14.1. The molecular formula is C54H36N2. The van der Waals surface area contributed by atoms with Crippen LogP contribution in [0.1, 0.15) is 16.7 Å². The van der Waals surface area contributed by atoms with Gasteiger partial charge in [0.15, 0.2) is 5.84 Å². The standard InChI is InChI=1S/C54H36N2/c55-54(39-14-2-1-3-15-39)56-52(44-19-10-18-42(34-44)48-23-11-17-37-12-4-7-20-46(37)48)31-25-36-24-26-41-33-45(28-27-40(41)32-36)53-49-22-9-6-16-43(49)35-51-47-21-8-5-13-38(47)29-30-50(51)53/h1-35,55H/b31-25+,55-54?,56-52?. The molecule has 0 atom stereocenters. The molecule has 0 bridgehead atoms. The molecule has 56 heavy (non-hydrogen) atoms. The summed E-state index contributed by atoms with van der Waals surface area (Å²) in [7, 11) is 0. The third-order valence-corrected chi connectivity index (χ3v) is 10.9. The van der Waals surface area contributed by atoms with Crippen molar-refractivity contribution in [2.45, 2.75) is 0 Å². The minimum atomic E-state index is 0.223. The molecule has 0 aliphatic heterocycles. The molecule has 0 spiro atoms. The molecule has 0 unspecified atom stereocenters. The van der Waals surface area contributed by atoms with Gasteiger partial charge in [0.05, 0.1) is 5.71 Å². The number of nitrogens with zero attached hydrogens (tertiary/aromatic N) is 1. The summed E-state index contributed by atoms with van der Waals surface area (Å²) in [5, 5.41) is 21.3. The van der Waals surface area contributed by atoms with Crippen LogP contribution in [0.2, 0.25) is 0 Å². The van der Waals surface area contributed by atoms with Gasteiger partial charge in [0.25, 0.3) is 0 Å². The summed E-state index contributed by atoms with van der Waals surface area (Å²) in [4.78, 5) is 4.92. The molecule has 10 rings (SSSR count). The van der Waals surface area contributed by atoms with E-state index in [0.29, 0.717) is 0 Å². The van der Waals surface area contributed by atoms with Crippen molar-refractivity contribution >= 4 is 71.5 Å². The van der Waals surface area contributed by atoms with Crippen molar-refractivity contribution in [1.82, 2.24) is 0 Å². The molecule has 0 aliphatic rings. The maximum atomic E-state index is 8.94. The fourth-order valence-electron chi connectivity index (χ4n) is 8.13. The van der Waals surface area contributed by atoms with Gasteiger partial charge in [-0.3, -0.25) is 5.41 Å². The topological polar surface area (TPSA) is 36.2 Å². The summed E-state index contributed by atoms with van der Waals surface area (Å²) < 4.78 is 0.